The van der Waals surface area contributed by atoms with Crippen molar-refractivity contribution in [3.63, 3.8) is 0 Å². The van der Waals surface area contributed by atoms with Gasteiger partial charge in [-0.15, -0.1) is 0 Å². The molecular formula is C28H35N5O. The van der Waals surface area contributed by atoms with E-state index in [-0.39, 0.29) is 12.1 Å². The first-order valence-corrected chi connectivity index (χ1v) is 12.5. The zero-order valence-corrected chi connectivity index (χ0v) is 20.9. The third-order valence-corrected chi connectivity index (χ3v) is 6.96. The van der Waals surface area contributed by atoms with Crippen molar-refractivity contribution in [1.29, 1.82) is 0 Å². The van der Waals surface area contributed by atoms with Crippen LogP contribution in [0.3, 0.4) is 0 Å². The van der Waals surface area contributed by atoms with Crippen molar-refractivity contribution in [3.8, 4) is 11.3 Å². The fourth-order valence-electron chi connectivity index (χ4n) is 4.96. The van der Waals surface area contributed by atoms with E-state index in [0.29, 0.717) is 12.5 Å². The summed E-state index contributed by atoms with van der Waals surface area (Å²) < 4.78 is 6.15. The first-order chi connectivity index (χ1) is 16.5. The number of nitrogens with one attached hydrogen (secondary N) is 1. The van der Waals surface area contributed by atoms with Gasteiger partial charge >= 0.3 is 0 Å². The number of aromatic nitrogens is 3. The lowest BCUT2D eigenvalue weighted by Gasteiger charge is -2.24. The van der Waals surface area contributed by atoms with E-state index in [1.54, 1.807) is 0 Å². The van der Waals surface area contributed by atoms with Gasteiger partial charge in [0.15, 0.2) is 0 Å². The van der Waals surface area contributed by atoms with Crippen molar-refractivity contribution in [2.75, 3.05) is 30.9 Å². The molecule has 0 radical (unpaired) electrons. The highest BCUT2D eigenvalue weighted by molar-refractivity contribution is 5.69. The molecule has 3 aromatic rings. The van der Waals surface area contributed by atoms with Gasteiger partial charge in [-0.2, -0.15) is 0 Å². The minimum atomic E-state index is 0.0800. The normalized spacial score (nSPS) is 19.2. The van der Waals surface area contributed by atoms with Crippen LogP contribution in [0, 0.1) is 6.92 Å². The third kappa shape index (κ3) is 4.27. The lowest BCUT2D eigenvalue weighted by Crippen LogP contribution is -2.26. The number of ether oxygens (including phenoxy) is 1. The maximum Gasteiger partial charge on any atom is 0.148 e. The summed E-state index contributed by atoms with van der Waals surface area (Å²) in [5, 5.41) is 3.77. The Kier molecular flexibility index (Phi) is 6.26. The Morgan fingerprint density at radius 3 is 2.59 bits per heavy atom. The number of hydrogen-bond acceptors (Lipinski definition) is 6. The maximum absolute atomic E-state index is 6.15. The standard InChI is InChI=1S/C28H35N5O/c1-6-22-28(32-26-20-11-9-8-10-19(20)15-23(26)34-7-2)31-25(18-12-13-18)27(30-22)21-16-29-24(33(4)5)14-17(21)3/h8-11,14,16,18,23,26H,6-7,12-13,15H2,1-5H3,(H,31,32)/t23-,26?/m0/s1. The van der Waals surface area contributed by atoms with Gasteiger partial charge in [-0.3, -0.25) is 0 Å². The molecule has 0 saturated heterocycles. The van der Waals surface area contributed by atoms with Crippen LogP contribution >= 0.6 is 0 Å². The summed E-state index contributed by atoms with van der Waals surface area (Å²) in [6.45, 7) is 7.06. The zero-order chi connectivity index (χ0) is 23.8. The van der Waals surface area contributed by atoms with E-state index < -0.39 is 0 Å². The summed E-state index contributed by atoms with van der Waals surface area (Å²) in [4.78, 5) is 17.2. The van der Waals surface area contributed by atoms with E-state index in [4.69, 9.17) is 14.7 Å². The van der Waals surface area contributed by atoms with Crippen LogP contribution < -0.4 is 10.2 Å². The summed E-state index contributed by atoms with van der Waals surface area (Å²) >= 11 is 0. The Hall–Kier alpha value is -2.99. The molecule has 178 valence electrons. The monoisotopic (exact) mass is 457 g/mol. The highest BCUT2D eigenvalue weighted by atomic mass is 16.5. The van der Waals surface area contributed by atoms with E-state index in [9.17, 15) is 0 Å². The molecule has 5 rings (SSSR count). The van der Waals surface area contributed by atoms with Gasteiger partial charge in [0.2, 0.25) is 0 Å². The Balaban J connectivity index is 1.55. The van der Waals surface area contributed by atoms with Gasteiger partial charge in [0.05, 0.1) is 29.2 Å². The van der Waals surface area contributed by atoms with Crippen molar-refractivity contribution in [1.82, 2.24) is 15.0 Å². The molecule has 1 unspecified atom stereocenters. The van der Waals surface area contributed by atoms with Crippen LogP contribution in [-0.2, 0) is 17.6 Å². The second kappa shape index (κ2) is 9.34. The first kappa shape index (κ1) is 22.8. The van der Waals surface area contributed by atoms with Crippen LogP contribution in [0.15, 0.2) is 36.5 Å². The number of benzene rings is 1. The largest absolute Gasteiger partial charge is 0.376 e. The molecule has 2 heterocycles. The minimum Gasteiger partial charge on any atom is -0.376 e. The lowest BCUT2D eigenvalue weighted by atomic mass is 10.0. The van der Waals surface area contributed by atoms with Crippen LogP contribution in [0.25, 0.3) is 11.3 Å². The minimum absolute atomic E-state index is 0.0800. The van der Waals surface area contributed by atoms with Gasteiger partial charge in [0, 0.05) is 44.8 Å². The van der Waals surface area contributed by atoms with Crippen molar-refractivity contribution in [3.05, 3.63) is 64.6 Å². The molecule has 1 saturated carbocycles. The van der Waals surface area contributed by atoms with Crippen molar-refractivity contribution >= 4 is 11.6 Å². The topological polar surface area (TPSA) is 63.2 Å². The number of anilines is 2. The summed E-state index contributed by atoms with van der Waals surface area (Å²) in [6, 6.07) is 10.9. The molecule has 2 aliphatic rings. The van der Waals surface area contributed by atoms with Gasteiger partial charge in [0.25, 0.3) is 0 Å². The number of aryl methyl sites for hydroxylation is 2. The Labute approximate surface area is 202 Å². The van der Waals surface area contributed by atoms with Gasteiger partial charge in [-0.25, -0.2) is 15.0 Å². The molecule has 2 aliphatic carbocycles. The Morgan fingerprint density at radius 2 is 1.91 bits per heavy atom. The highest BCUT2D eigenvalue weighted by Gasteiger charge is 2.35. The Bertz CT molecular complexity index is 1190. The zero-order valence-electron chi connectivity index (χ0n) is 20.9. The van der Waals surface area contributed by atoms with Gasteiger partial charge in [-0.05, 0) is 55.9 Å². The second-order valence-electron chi connectivity index (χ2n) is 9.65. The smallest absolute Gasteiger partial charge is 0.148 e. The van der Waals surface area contributed by atoms with Crippen LogP contribution in [-0.4, -0.2) is 41.8 Å². The summed E-state index contributed by atoms with van der Waals surface area (Å²) in [6.07, 6.45) is 6.13. The fourth-order valence-corrected chi connectivity index (χ4v) is 4.96. The van der Waals surface area contributed by atoms with Crippen LogP contribution in [0.2, 0.25) is 0 Å². The molecule has 0 bridgehead atoms. The predicted octanol–water partition coefficient (Wildman–Crippen LogP) is 5.47. The summed E-state index contributed by atoms with van der Waals surface area (Å²) in [5.74, 6) is 2.33. The van der Waals surface area contributed by atoms with E-state index >= 15 is 0 Å². The molecule has 1 fully saturated rings. The number of nitrogens with zero attached hydrogens (tertiary/aromatic N) is 4. The fraction of sp³-hybridized carbons (Fsp3) is 0.464. The van der Waals surface area contributed by atoms with E-state index in [2.05, 4.69) is 61.4 Å². The predicted molar refractivity (Wildman–Crippen MR) is 138 cm³/mol. The first-order valence-electron chi connectivity index (χ1n) is 12.5. The van der Waals surface area contributed by atoms with Gasteiger partial charge in [-0.1, -0.05) is 31.2 Å². The molecule has 6 heteroatoms. The molecule has 0 amide bonds. The lowest BCUT2D eigenvalue weighted by molar-refractivity contribution is 0.0573. The second-order valence-corrected chi connectivity index (χ2v) is 9.65. The molecule has 0 spiro atoms. The maximum atomic E-state index is 6.15. The van der Waals surface area contributed by atoms with E-state index in [0.717, 1.165) is 47.1 Å². The molecule has 2 atom stereocenters. The molecule has 34 heavy (non-hydrogen) atoms. The average Bonchev–Trinajstić information content (AvgIpc) is 3.62. The van der Waals surface area contributed by atoms with Crippen LogP contribution in [0.1, 0.15) is 66.7 Å². The van der Waals surface area contributed by atoms with Crippen LogP contribution in [0.4, 0.5) is 11.6 Å². The Morgan fingerprint density at radius 1 is 1.12 bits per heavy atom. The van der Waals surface area contributed by atoms with E-state index in [1.165, 1.54) is 29.5 Å². The van der Waals surface area contributed by atoms with Crippen molar-refractivity contribution < 1.29 is 4.74 Å². The van der Waals surface area contributed by atoms with Crippen molar-refractivity contribution in [2.45, 2.75) is 64.5 Å². The molecule has 1 aromatic carbocycles. The van der Waals surface area contributed by atoms with Gasteiger partial charge in [0.1, 0.15) is 11.6 Å². The summed E-state index contributed by atoms with van der Waals surface area (Å²) in [7, 11) is 4.03. The molecule has 1 N–H and O–H groups in total. The number of fused-ring (bicyclic) bond motifs is 1. The number of hydrogen-bond donors (Lipinski definition) is 1. The number of rotatable bonds is 8. The summed E-state index contributed by atoms with van der Waals surface area (Å²) in [5.41, 5.74) is 8.01. The molecule has 6 nitrogen and oxygen atoms in total. The van der Waals surface area contributed by atoms with Gasteiger partial charge < -0.3 is 15.0 Å². The SMILES string of the molecule is CCO[C@H]1Cc2ccccc2C1Nc1nc(C2CC2)c(-c2cnc(N(C)C)cc2C)nc1CC. The quantitative estimate of drug-likeness (QED) is 0.484. The highest BCUT2D eigenvalue weighted by Crippen LogP contribution is 2.45. The molecular weight excluding hydrogens is 422 g/mol. The van der Waals surface area contributed by atoms with E-state index in [1.807, 2.05) is 25.2 Å². The third-order valence-electron chi connectivity index (χ3n) is 6.96. The molecule has 0 aliphatic heterocycles. The van der Waals surface area contributed by atoms with Crippen molar-refractivity contribution in [2.24, 2.45) is 0 Å². The van der Waals surface area contributed by atoms with Crippen LogP contribution in [0.5, 0.6) is 0 Å². The number of pyridine rings is 1. The average molecular weight is 458 g/mol. The molecule has 2 aromatic heterocycles.